The molecule has 2 heterocycles. The fraction of sp³-hybridized carbons (Fsp3) is 0.0909. The van der Waals surface area contributed by atoms with Gasteiger partial charge in [0.25, 0.3) is 5.56 Å². The first kappa shape index (κ1) is 9.45. The molecule has 0 amide bonds. The molecule has 0 aliphatic heterocycles. The van der Waals surface area contributed by atoms with E-state index in [0.29, 0.717) is 5.69 Å². The number of nitrogen functional groups attached to an aromatic ring is 1. The van der Waals surface area contributed by atoms with Gasteiger partial charge < -0.3 is 10.3 Å². The molecule has 0 atom stereocenters. The fourth-order valence-electron chi connectivity index (χ4n) is 1.47. The van der Waals surface area contributed by atoms with Crippen molar-refractivity contribution in [3.05, 3.63) is 47.0 Å². The smallest absolute Gasteiger partial charge is 0.250 e. The molecule has 0 fully saturated rings. The summed E-state index contributed by atoms with van der Waals surface area (Å²) in [6.45, 7) is 0. The van der Waals surface area contributed by atoms with E-state index in [0.717, 1.165) is 11.3 Å². The third-order valence-corrected chi connectivity index (χ3v) is 2.31. The van der Waals surface area contributed by atoms with E-state index in [-0.39, 0.29) is 5.56 Å². The van der Waals surface area contributed by atoms with Crippen molar-refractivity contribution in [1.29, 1.82) is 0 Å². The molecule has 0 spiro atoms. The fourth-order valence-corrected chi connectivity index (χ4v) is 1.47. The van der Waals surface area contributed by atoms with E-state index in [2.05, 4.69) is 4.98 Å². The molecule has 0 saturated carbocycles. The van der Waals surface area contributed by atoms with Gasteiger partial charge in [-0.3, -0.25) is 9.78 Å². The van der Waals surface area contributed by atoms with Crippen LogP contribution in [0.5, 0.6) is 0 Å². The van der Waals surface area contributed by atoms with Crippen LogP contribution in [-0.4, -0.2) is 9.55 Å². The minimum Gasteiger partial charge on any atom is -0.397 e. The van der Waals surface area contributed by atoms with Crippen LogP contribution in [0.4, 0.5) is 5.69 Å². The molecular weight excluding hydrogens is 190 g/mol. The number of anilines is 1. The molecule has 0 saturated heterocycles. The zero-order chi connectivity index (χ0) is 10.8. The van der Waals surface area contributed by atoms with Gasteiger partial charge in [0.2, 0.25) is 0 Å². The molecule has 2 N–H and O–H groups in total. The lowest BCUT2D eigenvalue weighted by Crippen LogP contribution is -2.16. The third-order valence-electron chi connectivity index (χ3n) is 2.31. The number of pyridine rings is 2. The number of aromatic nitrogens is 2. The van der Waals surface area contributed by atoms with Gasteiger partial charge in [0.05, 0.1) is 17.6 Å². The number of hydrogen-bond acceptors (Lipinski definition) is 3. The Kier molecular flexibility index (Phi) is 2.25. The Balaban J connectivity index is 2.70. The van der Waals surface area contributed by atoms with Crippen molar-refractivity contribution in [1.82, 2.24) is 9.55 Å². The highest BCUT2D eigenvalue weighted by Gasteiger charge is 2.05. The van der Waals surface area contributed by atoms with Crippen molar-refractivity contribution in [2.24, 2.45) is 7.05 Å². The lowest BCUT2D eigenvalue weighted by molar-refractivity contribution is 0.870. The number of hydrogen-bond donors (Lipinski definition) is 1. The molecule has 0 aromatic carbocycles. The van der Waals surface area contributed by atoms with E-state index in [1.807, 2.05) is 6.07 Å². The van der Waals surface area contributed by atoms with Crippen molar-refractivity contribution < 1.29 is 0 Å². The maximum Gasteiger partial charge on any atom is 0.250 e. The quantitative estimate of drug-likeness (QED) is 0.749. The highest BCUT2D eigenvalue weighted by Crippen LogP contribution is 2.22. The second-order valence-electron chi connectivity index (χ2n) is 3.27. The summed E-state index contributed by atoms with van der Waals surface area (Å²) in [4.78, 5) is 15.3. The average Bonchev–Trinajstić information content (AvgIpc) is 2.23. The summed E-state index contributed by atoms with van der Waals surface area (Å²) in [6, 6.07) is 6.88. The molecule has 76 valence electrons. The Morgan fingerprint density at radius 1 is 1.33 bits per heavy atom. The van der Waals surface area contributed by atoms with Gasteiger partial charge in [-0.2, -0.15) is 0 Å². The lowest BCUT2D eigenvalue weighted by Gasteiger charge is -2.09. The first-order valence-corrected chi connectivity index (χ1v) is 4.56. The van der Waals surface area contributed by atoms with E-state index < -0.39 is 0 Å². The van der Waals surface area contributed by atoms with Gasteiger partial charge in [-0.25, -0.2) is 0 Å². The topological polar surface area (TPSA) is 60.9 Å². The van der Waals surface area contributed by atoms with Gasteiger partial charge in [-0.1, -0.05) is 6.07 Å². The Hall–Kier alpha value is -2.10. The second-order valence-corrected chi connectivity index (χ2v) is 3.27. The van der Waals surface area contributed by atoms with Gasteiger partial charge in [-0.15, -0.1) is 0 Å². The SMILES string of the molecule is Cn1c(-c2ccncc2N)cccc1=O. The Morgan fingerprint density at radius 2 is 2.13 bits per heavy atom. The summed E-state index contributed by atoms with van der Waals surface area (Å²) in [5.41, 5.74) is 7.93. The average molecular weight is 201 g/mol. The number of nitrogens with zero attached hydrogens (tertiary/aromatic N) is 2. The highest BCUT2D eigenvalue weighted by molar-refractivity contribution is 5.72. The second kappa shape index (κ2) is 3.57. The molecule has 0 bridgehead atoms. The highest BCUT2D eigenvalue weighted by atomic mass is 16.1. The van der Waals surface area contributed by atoms with Crippen LogP contribution in [0, 0.1) is 0 Å². The molecule has 0 radical (unpaired) electrons. The third kappa shape index (κ3) is 1.61. The minimum absolute atomic E-state index is 0.0521. The molecule has 0 aliphatic carbocycles. The number of nitrogens with two attached hydrogens (primary N) is 1. The molecule has 2 aromatic heterocycles. The molecule has 0 unspecified atom stereocenters. The maximum absolute atomic E-state index is 11.4. The molecular formula is C11H11N3O. The van der Waals surface area contributed by atoms with Crippen molar-refractivity contribution in [2.75, 3.05) is 5.73 Å². The number of rotatable bonds is 1. The summed E-state index contributed by atoms with van der Waals surface area (Å²) >= 11 is 0. The van der Waals surface area contributed by atoms with Crippen LogP contribution in [0.2, 0.25) is 0 Å². The first-order valence-electron chi connectivity index (χ1n) is 4.56. The van der Waals surface area contributed by atoms with E-state index in [4.69, 9.17) is 5.73 Å². The molecule has 0 aliphatic rings. The predicted molar refractivity (Wildman–Crippen MR) is 59.3 cm³/mol. The van der Waals surface area contributed by atoms with E-state index in [1.54, 1.807) is 36.1 Å². The van der Waals surface area contributed by atoms with E-state index in [9.17, 15) is 4.79 Å². The zero-order valence-electron chi connectivity index (χ0n) is 8.34. The predicted octanol–water partition coefficient (Wildman–Crippen LogP) is 1.03. The minimum atomic E-state index is -0.0521. The Labute approximate surface area is 87.0 Å². The summed E-state index contributed by atoms with van der Waals surface area (Å²) < 4.78 is 1.56. The van der Waals surface area contributed by atoms with Gasteiger partial charge in [-0.05, 0) is 12.1 Å². The first-order chi connectivity index (χ1) is 7.20. The lowest BCUT2D eigenvalue weighted by atomic mass is 10.1. The maximum atomic E-state index is 11.4. The van der Waals surface area contributed by atoms with Crippen LogP contribution in [0.25, 0.3) is 11.3 Å². The normalized spacial score (nSPS) is 10.2. The summed E-state index contributed by atoms with van der Waals surface area (Å²) in [5, 5.41) is 0. The zero-order valence-corrected chi connectivity index (χ0v) is 8.34. The monoisotopic (exact) mass is 201 g/mol. The Morgan fingerprint density at radius 3 is 2.87 bits per heavy atom. The van der Waals surface area contributed by atoms with Crippen LogP contribution in [0.15, 0.2) is 41.5 Å². The van der Waals surface area contributed by atoms with Crippen LogP contribution in [0.3, 0.4) is 0 Å². The van der Waals surface area contributed by atoms with Crippen LogP contribution in [-0.2, 0) is 7.05 Å². The van der Waals surface area contributed by atoms with Gasteiger partial charge >= 0.3 is 0 Å². The molecule has 4 heteroatoms. The van der Waals surface area contributed by atoms with Crippen LogP contribution < -0.4 is 11.3 Å². The van der Waals surface area contributed by atoms with Crippen molar-refractivity contribution in [3.63, 3.8) is 0 Å². The van der Waals surface area contributed by atoms with Crippen molar-refractivity contribution >= 4 is 5.69 Å². The van der Waals surface area contributed by atoms with E-state index >= 15 is 0 Å². The molecule has 4 nitrogen and oxygen atoms in total. The Bertz CT molecular complexity index is 546. The summed E-state index contributed by atoms with van der Waals surface area (Å²) in [7, 11) is 1.72. The summed E-state index contributed by atoms with van der Waals surface area (Å²) in [6.07, 6.45) is 3.23. The van der Waals surface area contributed by atoms with Gasteiger partial charge in [0.15, 0.2) is 0 Å². The molecule has 2 aromatic rings. The van der Waals surface area contributed by atoms with Crippen LogP contribution >= 0.6 is 0 Å². The van der Waals surface area contributed by atoms with Crippen LogP contribution in [0.1, 0.15) is 0 Å². The van der Waals surface area contributed by atoms with E-state index in [1.165, 1.54) is 6.07 Å². The van der Waals surface area contributed by atoms with Crippen molar-refractivity contribution in [2.45, 2.75) is 0 Å². The van der Waals surface area contributed by atoms with Crippen molar-refractivity contribution in [3.8, 4) is 11.3 Å². The largest absolute Gasteiger partial charge is 0.397 e. The molecule has 15 heavy (non-hydrogen) atoms. The van der Waals surface area contributed by atoms with Gasteiger partial charge in [0.1, 0.15) is 0 Å². The summed E-state index contributed by atoms with van der Waals surface area (Å²) in [5.74, 6) is 0. The van der Waals surface area contributed by atoms with Gasteiger partial charge in [0, 0.05) is 24.9 Å². The standard InChI is InChI=1S/C11H11N3O/c1-14-10(3-2-4-11(14)15)8-5-6-13-7-9(8)12/h2-7H,12H2,1H3. The molecule has 2 rings (SSSR count).